The van der Waals surface area contributed by atoms with Crippen LogP contribution in [0.1, 0.15) is 181 Å². The van der Waals surface area contributed by atoms with E-state index < -0.39 is 11.9 Å². The Morgan fingerprint density at radius 2 is 0.688 bits per heavy atom. The second-order valence-electron chi connectivity index (χ2n) is 12.9. The van der Waals surface area contributed by atoms with Gasteiger partial charge in [-0.1, -0.05) is 142 Å². The van der Waals surface area contributed by atoms with E-state index in [9.17, 15) is 29.4 Å². The number of aliphatic carboxylic acids is 2. The smallest absolute Gasteiger partial charge is 0.548 e. The van der Waals surface area contributed by atoms with Crippen LogP contribution in [0.15, 0.2) is 12.2 Å². The number of rotatable bonds is 31. The number of carboxylic acids is 2. The van der Waals surface area contributed by atoms with Crippen LogP contribution in [0.3, 0.4) is 0 Å². The van der Waals surface area contributed by atoms with Crippen molar-refractivity contribution in [1.29, 1.82) is 0 Å². The average molecular weight is 697 g/mol. The molecular weight excluding hydrogens is 626 g/mol. The van der Waals surface area contributed by atoms with Crippen molar-refractivity contribution >= 4 is 23.8 Å². The monoisotopic (exact) mass is 697 g/mol. The van der Waals surface area contributed by atoms with Gasteiger partial charge in [-0.2, -0.15) is 0 Å². The zero-order valence-corrected chi connectivity index (χ0v) is 36.3. The first kappa shape index (κ1) is 54.4. The van der Waals surface area contributed by atoms with Gasteiger partial charge in [0.25, 0.3) is 0 Å². The Balaban J connectivity index is -0.000000393. The molecule has 48 heavy (non-hydrogen) atoms. The summed E-state index contributed by atoms with van der Waals surface area (Å²) in [6.07, 6.45) is 35.2. The van der Waals surface area contributed by atoms with Crippen LogP contribution >= 0.6 is 0 Å². The number of allylic oxidation sites excluding steroid dienone is 2. The van der Waals surface area contributed by atoms with Crippen LogP contribution in [0.4, 0.5) is 0 Å². The summed E-state index contributed by atoms with van der Waals surface area (Å²) in [5.41, 5.74) is 0. The van der Waals surface area contributed by atoms with Crippen molar-refractivity contribution in [2.75, 3.05) is 27.2 Å². The van der Waals surface area contributed by atoms with Gasteiger partial charge in [0, 0.05) is 26.9 Å². The maximum Gasteiger partial charge on any atom is 1.00 e. The van der Waals surface area contributed by atoms with Crippen molar-refractivity contribution < 1.29 is 88.5 Å². The third-order valence-corrected chi connectivity index (χ3v) is 8.23. The molecule has 8 nitrogen and oxygen atoms in total. The van der Waals surface area contributed by atoms with Crippen LogP contribution in [0.25, 0.3) is 0 Å². The topological polar surface area (TPSA) is 121 Å². The predicted molar refractivity (Wildman–Crippen MR) is 186 cm³/mol. The molecule has 270 valence electrons. The minimum Gasteiger partial charge on any atom is -0.548 e. The van der Waals surface area contributed by atoms with Gasteiger partial charge < -0.3 is 29.6 Å². The van der Waals surface area contributed by atoms with Gasteiger partial charge in [0.05, 0.1) is 25.0 Å². The normalized spacial score (nSPS) is 10.4. The molecule has 0 aromatic rings. The van der Waals surface area contributed by atoms with Gasteiger partial charge in [0.1, 0.15) is 0 Å². The molecule has 2 amide bonds. The maximum atomic E-state index is 11.6. The summed E-state index contributed by atoms with van der Waals surface area (Å²) in [7, 11) is 3.02. The van der Waals surface area contributed by atoms with Crippen LogP contribution in [0, 0.1) is 0 Å². The number of unbranched alkanes of at least 4 members (excludes halogenated alkanes) is 21. The van der Waals surface area contributed by atoms with E-state index in [4.69, 9.17) is 0 Å². The summed E-state index contributed by atoms with van der Waals surface area (Å²) in [6.45, 7) is 3.86. The molecule has 0 unspecified atom stereocenters. The average Bonchev–Trinajstić information content (AvgIpc) is 3.01. The van der Waals surface area contributed by atoms with E-state index in [1.54, 1.807) is 0 Å². The standard InChI is InChI=1S/C21H39NO3.C17H33NO3.2Na/c1-3-4-5-6-7-8-9-10-11-12-13-14-15-16-17-18-20(23)22(2)19-21(24)25;1-3-4-5-6-7-8-9-10-11-12-13-14-16(19)18(2)15-17(20)21;;/h10-11H,3-9,12-19H2,1-2H3,(H,24,25);3-15H2,1-2H3,(H,20,21);;/q;;2*+1/p-2/b11-10-;;;. The van der Waals surface area contributed by atoms with Crippen LogP contribution < -0.4 is 69.3 Å². The third kappa shape index (κ3) is 43.6. The molecule has 0 aliphatic rings. The summed E-state index contributed by atoms with van der Waals surface area (Å²) < 4.78 is 0. The minimum atomic E-state index is -1.21. The minimum absolute atomic E-state index is 0. The fourth-order valence-electron chi connectivity index (χ4n) is 5.23. The molecule has 0 radical (unpaired) electrons. The van der Waals surface area contributed by atoms with E-state index >= 15 is 0 Å². The van der Waals surface area contributed by atoms with Gasteiger partial charge >= 0.3 is 59.1 Å². The zero-order chi connectivity index (χ0) is 34.7. The van der Waals surface area contributed by atoms with Crippen molar-refractivity contribution in [1.82, 2.24) is 9.80 Å². The Labute approximate surface area is 339 Å². The van der Waals surface area contributed by atoms with E-state index in [0.717, 1.165) is 38.5 Å². The SMILES string of the molecule is CCCCCCCC/C=C\CCCCCCCC(=O)N(C)CC(=O)[O-].CCCCCCCCCCCCCC(=O)N(C)CC(=O)[O-].[Na+].[Na+]. The van der Waals surface area contributed by atoms with Gasteiger partial charge in [-0.15, -0.1) is 0 Å². The van der Waals surface area contributed by atoms with E-state index in [0.29, 0.717) is 12.8 Å². The quantitative estimate of drug-likeness (QED) is 0.0610. The van der Waals surface area contributed by atoms with Crippen molar-refractivity contribution in [2.45, 2.75) is 181 Å². The summed E-state index contributed by atoms with van der Waals surface area (Å²) in [4.78, 5) is 46.5. The van der Waals surface area contributed by atoms with Gasteiger partial charge in [-0.05, 0) is 38.5 Å². The Hall–Kier alpha value is -0.380. The fraction of sp³-hybridized carbons (Fsp3) is 0.842. The number of carboxylic acid groups (broad SMARTS) is 2. The second-order valence-corrected chi connectivity index (χ2v) is 12.9. The largest absolute Gasteiger partial charge is 1.00 e. The molecule has 0 heterocycles. The molecule has 0 saturated heterocycles. The number of carbonyl (C=O) groups excluding carboxylic acids is 4. The Kier molecular flexibility index (Phi) is 48.5. The third-order valence-electron chi connectivity index (χ3n) is 8.23. The number of nitrogens with zero attached hydrogens (tertiary/aromatic N) is 2. The van der Waals surface area contributed by atoms with E-state index in [1.165, 1.54) is 139 Å². The van der Waals surface area contributed by atoms with Crippen molar-refractivity contribution in [2.24, 2.45) is 0 Å². The molecule has 0 aromatic carbocycles. The van der Waals surface area contributed by atoms with Crippen molar-refractivity contribution in [3.63, 3.8) is 0 Å². The molecular formula is C38H70N2Na2O6. The number of hydrogen-bond acceptors (Lipinski definition) is 6. The van der Waals surface area contributed by atoms with Gasteiger partial charge in [0.2, 0.25) is 11.8 Å². The summed E-state index contributed by atoms with van der Waals surface area (Å²) in [5.74, 6) is -2.62. The van der Waals surface area contributed by atoms with Crippen molar-refractivity contribution in [3.05, 3.63) is 12.2 Å². The fourth-order valence-corrected chi connectivity index (χ4v) is 5.23. The first-order valence-corrected chi connectivity index (χ1v) is 18.7. The van der Waals surface area contributed by atoms with E-state index in [-0.39, 0.29) is 84.0 Å². The molecule has 0 bridgehead atoms. The summed E-state index contributed by atoms with van der Waals surface area (Å²) in [6, 6.07) is 0. The molecule has 0 aromatic heterocycles. The Morgan fingerprint density at radius 1 is 0.438 bits per heavy atom. The van der Waals surface area contributed by atoms with E-state index in [1.807, 2.05) is 0 Å². The van der Waals surface area contributed by atoms with Crippen LogP contribution in [0.5, 0.6) is 0 Å². The molecule has 0 rings (SSSR count). The first-order chi connectivity index (χ1) is 22.1. The molecule has 0 spiro atoms. The molecule has 0 aliphatic carbocycles. The molecule has 0 aliphatic heterocycles. The molecule has 0 atom stereocenters. The molecule has 10 heteroatoms. The Morgan fingerprint density at radius 3 is 0.958 bits per heavy atom. The summed E-state index contributed by atoms with van der Waals surface area (Å²) >= 11 is 0. The number of hydrogen-bond donors (Lipinski definition) is 0. The van der Waals surface area contributed by atoms with Crippen LogP contribution in [-0.2, 0) is 19.2 Å². The van der Waals surface area contributed by atoms with Crippen LogP contribution in [0.2, 0.25) is 0 Å². The molecule has 0 fully saturated rings. The van der Waals surface area contributed by atoms with Gasteiger partial charge in [-0.3, -0.25) is 9.59 Å². The summed E-state index contributed by atoms with van der Waals surface area (Å²) in [5, 5.41) is 20.8. The second kappa shape index (κ2) is 42.8. The maximum absolute atomic E-state index is 11.6. The molecule has 0 N–H and O–H groups in total. The number of carbonyl (C=O) groups is 4. The van der Waals surface area contributed by atoms with Gasteiger partial charge in [-0.25, -0.2) is 0 Å². The van der Waals surface area contributed by atoms with Crippen molar-refractivity contribution in [3.8, 4) is 0 Å². The molecule has 0 saturated carbocycles. The number of likely N-dealkylation sites (N-methyl/N-ethyl adjacent to an activating group) is 2. The predicted octanol–water partition coefficient (Wildman–Crippen LogP) is 1.14. The van der Waals surface area contributed by atoms with E-state index in [2.05, 4.69) is 26.0 Å². The Bertz CT molecular complexity index is 782. The zero-order valence-electron chi connectivity index (χ0n) is 32.3. The van der Waals surface area contributed by atoms with Crippen LogP contribution in [-0.4, -0.2) is 60.7 Å². The van der Waals surface area contributed by atoms with Gasteiger partial charge in [0.15, 0.2) is 0 Å². The number of amides is 2. The first-order valence-electron chi connectivity index (χ1n) is 18.7.